The molecule has 1 aromatic heterocycles. The fraction of sp³-hybridized carbons (Fsp3) is 0.667. The summed E-state index contributed by atoms with van der Waals surface area (Å²) in [6.45, 7) is 23.2. The number of β-amino-alcohol motifs (C(OH)–C–C–N with tert-alkyl or cyclic N) is 1. The number of aliphatic hydroxyl groups is 1. The van der Waals surface area contributed by atoms with Crippen molar-refractivity contribution in [1.82, 2.24) is 25.8 Å². The Balaban J connectivity index is 1.52. The third-order valence-corrected chi connectivity index (χ3v) is 10.7. The number of ether oxygens (including phenoxy) is 9. The predicted octanol–water partition coefficient (Wildman–Crippen LogP) is 4.72. The summed E-state index contributed by atoms with van der Waals surface area (Å²) in [5.41, 5.74) is 2.04. The standard InChI is InChI=1S/C48H75N5O15S/c1-12-15-66-44(58)51-35(28-62-19-16-60-18-21-64-30-39(55)67-47(6,7)8)29-63-20-17-61-22-23-65-38-24-33(40-32(2)50-31-69-40)13-14-34(38)26-49-42(56)37-25-36(54)27-53(37)43(57)41(46(3,4)5)52-45(59)68-48(9,10)11/h12-14,24,31,35-37,41,54H,1,15-23,25-30H2,2-11H3,(H,49,56)(H,51,58)(H,52,59)/t35-,36+,37-,41+/m0/s1. The Morgan fingerprint density at radius 2 is 1.45 bits per heavy atom. The maximum atomic E-state index is 14.0. The summed E-state index contributed by atoms with van der Waals surface area (Å²) < 4.78 is 49.9. The van der Waals surface area contributed by atoms with E-state index in [-0.39, 0.29) is 98.8 Å². The van der Waals surface area contributed by atoms with Crippen LogP contribution < -0.4 is 20.7 Å². The number of esters is 1. The molecule has 388 valence electrons. The van der Waals surface area contributed by atoms with Gasteiger partial charge in [-0.25, -0.2) is 19.4 Å². The van der Waals surface area contributed by atoms with E-state index in [1.54, 1.807) is 67.8 Å². The molecule has 2 aromatic rings. The molecule has 0 bridgehead atoms. The van der Waals surface area contributed by atoms with Gasteiger partial charge in [0.2, 0.25) is 11.8 Å². The normalized spacial score (nSPS) is 16.0. The van der Waals surface area contributed by atoms with Crippen LogP contribution in [0.15, 0.2) is 36.4 Å². The maximum Gasteiger partial charge on any atom is 0.408 e. The third-order valence-electron chi connectivity index (χ3n) is 9.70. The lowest BCUT2D eigenvalue weighted by atomic mass is 9.85. The average molecular weight is 994 g/mol. The van der Waals surface area contributed by atoms with Gasteiger partial charge in [0.05, 0.1) is 87.7 Å². The minimum absolute atomic E-state index is 0.0237. The van der Waals surface area contributed by atoms with Crippen molar-refractivity contribution in [1.29, 1.82) is 0 Å². The Hall–Kier alpha value is -4.90. The van der Waals surface area contributed by atoms with Crippen LogP contribution in [0, 0.1) is 12.3 Å². The molecule has 0 radical (unpaired) electrons. The summed E-state index contributed by atoms with van der Waals surface area (Å²) in [7, 11) is 0. The number of thiazole rings is 1. The first-order chi connectivity index (χ1) is 32.5. The minimum atomic E-state index is -1.04. The van der Waals surface area contributed by atoms with Gasteiger partial charge in [-0.1, -0.05) is 45.6 Å². The van der Waals surface area contributed by atoms with E-state index in [9.17, 15) is 29.1 Å². The van der Waals surface area contributed by atoms with Gasteiger partial charge in [0, 0.05) is 25.1 Å². The smallest absolute Gasteiger partial charge is 0.408 e. The molecule has 1 aliphatic heterocycles. The van der Waals surface area contributed by atoms with E-state index in [1.807, 2.05) is 25.1 Å². The van der Waals surface area contributed by atoms with Crippen molar-refractivity contribution in [3.63, 3.8) is 0 Å². The molecule has 0 aliphatic carbocycles. The second-order valence-electron chi connectivity index (χ2n) is 19.2. The quantitative estimate of drug-likeness (QED) is 0.0390. The predicted molar refractivity (Wildman–Crippen MR) is 257 cm³/mol. The van der Waals surface area contributed by atoms with Crippen LogP contribution in [0.5, 0.6) is 5.75 Å². The molecule has 69 heavy (non-hydrogen) atoms. The number of benzene rings is 1. The number of aromatic nitrogens is 1. The number of hydrogen-bond acceptors (Lipinski definition) is 17. The first-order valence-corrected chi connectivity index (χ1v) is 23.9. The number of alkyl carbamates (subject to hydrolysis) is 2. The second-order valence-corrected chi connectivity index (χ2v) is 20.1. The summed E-state index contributed by atoms with van der Waals surface area (Å²) in [5, 5.41) is 19.0. The molecule has 2 heterocycles. The highest BCUT2D eigenvalue weighted by Gasteiger charge is 2.45. The maximum absolute atomic E-state index is 14.0. The molecule has 0 saturated carbocycles. The molecule has 3 rings (SSSR count). The van der Waals surface area contributed by atoms with Gasteiger partial charge >= 0.3 is 18.2 Å². The van der Waals surface area contributed by atoms with Crippen molar-refractivity contribution >= 4 is 41.3 Å². The number of likely N-dealkylation sites (tertiary alicyclic amines) is 1. The number of nitrogens with zero attached hydrogens (tertiary/aromatic N) is 2. The third kappa shape index (κ3) is 22.6. The zero-order chi connectivity index (χ0) is 51.2. The van der Waals surface area contributed by atoms with Gasteiger partial charge in [-0.15, -0.1) is 11.3 Å². The first kappa shape index (κ1) is 58.4. The molecule has 0 spiro atoms. The van der Waals surface area contributed by atoms with Gasteiger partial charge in [-0.2, -0.15) is 0 Å². The molecule has 1 fully saturated rings. The molecular formula is C48H75N5O15S. The summed E-state index contributed by atoms with van der Waals surface area (Å²) in [6.07, 6.45) is -0.875. The SMILES string of the molecule is C=CCOC(=O)N[C@@H](COCCOCCOCC(=O)OC(C)(C)C)COCCOCCOc1cc(-c2scnc2C)ccc1CNC(=O)[C@@H]1C[C@@H](O)CN1C(=O)[C@@H](NC(=O)OC(C)(C)C)C(C)(C)C. The molecule has 1 aromatic carbocycles. The van der Waals surface area contributed by atoms with Crippen LogP contribution in [-0.2, 0) is 58.8 Å². The van der Waals surface area contributed by atoms with E-state index in [1.165, 1.54) is 22.3 Å². The van der Waals surface area contributed by atoms with Crippen LogP contribution in [0.25, 0.3) is 10.4 Å². The Kier molecular flexibility index (Phi) is 24.3. The molecule has 1 saturated heterocycles. The zero-order valence-corrected chi connectivity index (χ0v) is 42.8. The van der Waals surface area contributed by atoms with Crippen LogP contribution in [-0.4, -0.2) is 166 Å². The van der Waals surface area contributed by atoms with Crippen LogP contribution in [0.2, 0.25) is 0 Å². The molecule has 1 aliphatic rings. The van der Waals surface area contributed by atoms with Crippen LogP contribution in [0.1, 0.15) is 80.0 Å². The van der Waals surface area contributed by atoms with E-state index >= 15 is 0 Å². The first-order valence-electron chi connectivity index (χ1n) is 23.0. The Labute approximate surface area is 410 Å². The largest absolute Gasteiger partial charge is 0.491 e. The van der Waals surface area contributed by atoms with E-state index < -0.39 is 70.8 Å². The van der Waals surface area contributed by atoms with Crippen molar-refractivity contribution < 1.29 is 71.7 Å². The van der Waals surface area contributed by atoms with Crippen LogP contribution in [0.3, 0.4) is 0 Å². The van der Waals surface area contributed by atoms with Gasteiger partial charge < -0.3 is 68.6 Å². The second kappa shape index (κ2) is 28.7. The lowest BCUT2D eigenvalue weighted by Gasteiger charge is -2.35. The molecular weight excluding hydrogens is 919 g/mol. The van der Waals surface area contributed by atoms with Crippen molar-refractivity contribution in [2.24, 2.45) is 5.41 Å². The molecule has 21 heteroatoms. The lowest BCUT2D eigenvalue weighted by molar-refractivity contribution is -0.160. The molecule has 4 atom stereocenters. The van der Waals surface area contributed by atoms with Gasteiger partial charge in [-0.05, 0) is 65.5 Å². The Bertz CT molecular complexity index is 1940. The molecule has 20 nitrogen and oxygen atoms in total. The van der Waals surface area contributed by atoms with Crippen molar-refractivity contribution in [2.75, 3.05) is 85.8 Å². The van der Waals surface area contributed by atoms with Crippen LogP contribution in [0.4, 0.5) is 9.59 Å². The van der Waals surface area contributed by atoms with E-state index in [2.05, 4.69) is 27.5 Å². The number of carbonyl (C=O) groups is 5. The number of carbonyl (C=O) groups excluding carboxylic acids is 5. The Morgan fingerprint density at radius 3 is 2.03 bits per heavy atom. The summed E-state index contributed by atoms with van der Waals surface area (Å²) in [6, 6.07) is 3.08. The van der Waals surface area contributed by atoms with Crippen molar-refractivity contribution in [3.05, 3.63) is 47.6 Å². The fourth-order valence-electron chi connectivity index (χ4n) is 6.62. The molecule has 0 unspecified atom stereocenters. The summed E-state index contributed by atoms with van der Waals surface area (Å²) in [4.78, 5) is 71.2. The number of aryl methyl sites for hydroxylation is 1. The number of nitrogens with one attached hydrogen (secondary N) is 3. The summed E-state index contributed by atoms with van der Waals surface area (Å²) >= 11 is 1.49. The highest BCUT2D eigenvalue weighted by molar-refractivity contribution is 7.13. The van der Waals surface area contributed by atoms with Crippen molar-refractivity contribution in [2.45, 2.75) is 118 Å². The Morgan fingerprint density at radius 1 is 0.841 bits per heavy atom. The van der Waals surface area contributed by atoms with Gasteiger partial charge in [0.1, 0.15) is 48.9 Å². The number of aliphatic hydroxyl groups excluding tert-OH is 1. The van der Waals surface area contributed by atoms with Gasteiger partial charge in [-0.3, -0.25) is 9.59 Å². The highest BCUT2D eigenvalue weighted by atomic mass is 32.1. The summed E-state index contributed by atoms with van der Waals surface area (Å²) in [5.74, 6) is -0.923. The average Bonchev–Trinajstić information content (AvgIpc) is 3.87. The van der Waals surface area contributed by atoms with Crippen LogP contribution >= 0.6 is 11.3 Å². The highest BCUT2D eigenvalue weighted by Crippen LogP contribution is 2.32. The monoisotopic (exact) mass is 993 g/mol. The van der Waals surface area contributed by atoms with Gasteiger partial charge in [0.25, 0.3) is 0 Å². The zero-order valence-electron chi connectivity index (χ0n) is 42.0. The number of hydrogen-bond donors (Lipinski definition) is 4. The van der Waals surface area contributed by atoms with E-state index in [0.29, 0.717) is 11.3 Å². The van der Waals surface area contributed by atoms with E-state index in [0.717, 1.165) is 16.1 Å². The number of rotatable bonds is 28. The van der Waals surface area contributed by atoms with Gasteiger partial charge in [0.15, 0.2) is 0 Å². The van der Waals surface area contributed by atoms with Crippen molar-refractivity contribution in [3.8, 4) is 16.2 Å². The molecule has 4 amide bonds. The van der Waals surface area contributed by atoms with E-state index in [4.69, 9.17) is 42.6 Å². The topological polar surface area (TPSA) is 241 Å². The lowest BCUT2D eigenvalue weighted by Crippen LogP contribution is -2.58. The minimum Gasteiger partial charge on any atom is -0.491 e. The fourth-order valence-corrected chi connectivity index (χ4v) is 7.42. The number of amides is 4. The molecule has 4 N–H and O–H groups in total.